The van der Waals surface area contributed by atoms with Crippen molar-refractivity contribution in [3.05, 3.63) is 36.0 Å². The van der Waals surface area contributed by atoms with Crippen LogP contribution < -0.4 is 16.4 Å². The Morgan fingerprint density at radius 3 is 2.42 bits per heavy atom. The van der Waals surface area contributed by atoms with E-state index in [-0.39, 0.29) is 6.42 Å². The van der Waals surface area contributed by atoms with Crippen LogP contribution in [0.4, 0.5) is 0 Å². The van der Waals surface area contributed by atoms with Crippen LogP contribution in [0.15, 0.2) is 30.5 Å². The molecule has 12 heteroatoms. The number of aromatic nitrogens is 1. The van der Waals surface area contributed by atoms with Crippen molar-refractivity contribution in [1.82, 2.24) is 20.5 Å². The van der Waals surface area contributed by atoms with Gasteiger partial charge in [0.2, 0.25) is 17.7 Å². The average Bonchev–Trinajstić information content (AvgIpc) is 3.47. The zero-order valence-electron chi connectivity index (χ0n) is 20.2. The molecular weight excluding hydrogens is 470 g/mol. The molecule has 3 rings (SSSR count). The fourth-order valence-electron chi connectivity index (χ4n) is 4.43. The van der Waals surface area contributed by atoms with Gasteiger partial charge in [0.1, 0.15) is 12.1 Å². The van der Waals surface area contributed by atoms with E-state index in [9.17, 15) is 34.5 Å². The maximum absolute atomic E-state index is 13.2. The summed E-state index contributed by atoms with van der Waals surface area (Å²) in [6.45, 7) is 2.76. The Kier molecular flexibility index (Phi) is 8.66. The van der Waals surface area contributed by atoms with E-state index < -0.39 is 60.1 Å². The summed E-state index contributed by atoms with van der Waals surface area (Å²) in [6.07, 6.45) is 0.193. The molecule has 1 aromatic heterocycles. The number of fused-ring (bicyclic) bond motifs is 1. The van der Waals surface area contributed by atoms with E-state index in [0.717, 1.165) is 16.5 Å². The summed E-state index contributed by atoms with van der Waals surface area (Å²) in [5, 5.41) is 34.3. The van der Waals surface area contributed by atoms with Gasteiger partial charge in [0, 0.05) is 23.6 Å². The summed E-state index contributed by atoms with van der Waals surface area (Å²) in [6, 6.07) is 2.73. The Balaban J connectivity index is 1.67. The van der Waals surface area contributed by atoms with Crippen molar-refractivity contribution >= 4 is 34.6 Å². The minimum atomic E-state index is -1.62. The third-order valence-electron chi connectivity index (χ3n) is 6.38. The number of aromatic amines is 1. The van der Waals surface area contributed by atoms with Crippen LogP contribution in [0.3, 0.4) is 0 Å². The molecule has 8 N–H and O–H groups in total. The smallest absolute Gasteiger partial charge is 0.328 e. The van der Waals surface area contributed by atoms with Crippen molar-refractivity contribution in [1.29, 1.82) is 0 Å². The van der Waals surface area contributed by atoms with Gasteiger partial charge in [0.05, 0.1) is 18.2 Å². The highest BCUT2D eigenvalue weighted by Crippen LogP contribution is 2.22. The van der Waals surface area contributed by atoms with Gasteiger partial charge >= 0.3 is 5.97 Å². The number of benzene rings is 1. The summed E-state index contributed by atoms with van der Waals surface area (Å²) >= 11 is 0. The van der Waals surface area contributed by atoms with E-state index in [4.69, 9.17) is 5.73 Å². The predicted octanol–water partition coefficient (Wildman–Crippen LogP) is -1.16. The number of carboxylic acids is 1. The van der Waals surface area contributed by atoms with Gasteiger partial charge in [-0.2, -0.15) is 0 Å². The molecule has 1 saturated heterocycles. The van der Waals surface area contributed by atoms with Crippen molar-refractivity contribution < 1.29 is 34.5 Å². The maximum atomic E-state index is 13.2. The van der Waals surface area contributed by atoms with Gasteiger partial charge in [-0.3, -0.25) is 14.4 Å². The topological polar surface area (TPSA) is 198 Å². The van der Waals surface area contributed by atoms with Crippen molar-refractivity contribution in [3.63, 3.8) is 0 Å². The molecule has 6 unspecified atom stereocenters. The molecule has 0 radical (unpaired) electrons. The molecule has 1 fully saturated rings. The SMILES string of the molecule is CC(O)C(NC(=O)C(NC(=O)C1CCCN1C(=O)C(N)Cc1c[nH]c2ccccc12)C(C)O)C(=O)O. The summed E-state index contributed by atoms with van der Waals surface area (Å²) in [5.74, 6) is -3.51. The molecule has 3 amide bonds. The molecule has 196 valence electrons. The largest absolute Gasteiger partial charge is 0.480 e. The predicted molar refractivity (Wildman–Crippen MR) is 130 cm³/mol. The van der Waals surface area contributed by atoms with Crippen LogP contribution in [0.1, 0.15) is 32.3 Å². The number of likely N-dealkylation sites (tertiary alicyclic amines) is 1. The molecule has 1 aliphatic rings. The zero-order valence-corrected chi connectivity index (χ0v) is 20.2. The van der Waals surface area contributed by atoms with Gasteiger partial charge in [-0.25, -0.2) is 4.79 Å². The Bertz CT molecular complexity index is 1120. The van der Waals surface area contributed by atoms with Gasteiger partial charge in [-0.1, -0.05) is 18.2 Å². The van der Waals surface area contributed by atoms with Crippen LogP contribution in [-0.2, 0) is 25.6 Å². The lowest BCUT2D eigenvalue weighted by Crippen LogP contribution is -2.60. The second-order valence-electron chi connectivity index (χ2n) is 9.15. The number of H-pyrrole nitrogens is 1. The van der Waals surface area contributed by atoms with Gasteiger partial charge < -0.3 is 41.6 Å². The standard InChI is InChI=1S/C24H33N5O7/c1-12(30)19(22(33)28-20(13(2)31)24(35)36)27-21(32)18-8-5-9-29(18)23(34)16(25)10-14-11-26-17-7-4-3-6-15(14)17/h3-4,6-7,11-13,16,18-20,26,30-31H,5,8-10,25H2,1-2H3,(H,27,32)(H,28,33)(H,35,36). The molecule has 0 saturated carbocycles. The fourth-order valence-corrected chi connectivity index (χ4v) is 4.43. The third-order valence-corrected chi connectivity index (χ3v) is 6.38. The van der Waals surface area contributed by atoms with Gasteiger partial charge in [0.25, 0.3) is 0 Å². The Hall–Kier alpha value is -3.48. The molecule has 0 aliphatic carbocycles. The number of aliphatic hydroxyl groups excluding tert-OH is 2. The number of nitrogens with one attached hydrogen (secondary N) is 3. The molecule has 6 atom stereocenters. The fraction of sp³-hybridized carbons (Fsp3) is 0.500. The first-order chi connectivity index (χ1) is 17.0. The van der Waals surface area contributed by atoms with Crippen LogP contribution >= 0.6 is 0 Å². The number of nitrogens with two attached hydrogens (primary N) is 1. The number of carboxylic acid groups (broad SMARTS) is 1. The first-order valence-corrected chi connectivity index (χ1v) is 11.8. The molecule has 12 nitrogen and oxygen atoms in total. The number of amides is 3. The highest BCUT2D eigenvalue weighted by molar-refractivity contribution is 5.95. The number of para-hydroxylation sites is 1. The molecule has 1 aromatic carbocycles. The minimum absolute atomic E-state index is 0.266. The molecule has 1 aliphatic heterocycles. The second-order valence-corrected chi connectivity index (χ2v) is 9.15. The van der Waals surface area contributed by atoms with E-state index in [1.54, 1.807) is 6.20 Å². The number of carbonyl (C=O) groups excluding carboxylic acids is 3. The van der Waals surface area contributed by atoms with Crippen LogP contribution in [0.5, 0.6) is 0 Å². The van der Waals surface area contributed by atoms with Crippen molar-refractivity contribution in [2.45, 2.75) is 69.5 Å². The molecule has 2 aromatic rings. The summed E-state index contributed by atoms with van der Waals surface area (Å²) < 4.78 is 0. The number of hydrogen-bond acceptors (Lipinski definition) is 7. The number of rotatable bonds is 10. The Labute approximate surface area is 207 Å². The van der Waals surface area contributed by atoms with E-state index >= 15 is 0 Å². The number of carbonyl (C=O) groups is 4. The highest BCUT2D eigenvalue weighted by Gasteiger charge is 2.39. The van der Waals surface area contributed by atoms with Gasteiger partial charge in [-0.15, -0.1) is 0 Å². The molecule has 0 spiro atoms. The van der Waals surface area contributed by atoms with E-state index in [0.29, 0.717) is 19.4 Å². The Morgan fingerprint density at radius 1 is 1.11 bits per heavy atom. The quantitative estimate of drug-likeness (QED) is 0.211. The highest BCUT2D eigenvalue weighted by atomic mass is 16.4. The first-order valence-electron chi connectivity index (χ1n) is 11.8. The summed E-state index contributed by atoms with van der Waals surface area (Å²) in [7, 11) is 0. The normalized spacial score (nSPS) is 19.8. The van der Waals surface area contributed by atoms with Gasteiger partial charge in [-0.05, 0) is 44.7 Å². The number of nitrogens with zero attached hydrogens (tertiary/aromatic N) is 1. The van der Waals surface area contributed by atoms with Crippen molar-refractivity contribution in [2.24, 2.45) is 5.73 Å². The monoisotopic (exact) mass is 503 g/mol. The van der Waals surface area contributed by atoms with Crippen LogP contribution in [0, 0.1) is 0 Å². The molecular formula is C24H33N5O7. The molecule has 36 heavy (non-hydrogen) atoms. The zero-order chi connectivity index (χ0) is 26.6. The van der Waals surface area contributed by atoms with Gasteiger partial charge in [0.15, 0.2) is 6.04 Å². The lowest BCUT2D eigenvalue weighted by Gasteiger charge is -2.29. The lowest BCUT2D eigenvalue weighted by molar-refractivity contribution is -0.146. The summed E-state index contributed by atoms with van der Waals surface area (Å²) in [4.78, 5) is 54.6. The Morgan fingerprint density at radius 2 is 1.78 bits per heavy atom. The molecule has 0 bridgehead atoms. The number of aliphatic hydroxyl groups is 2. The number of hydrogen-bond donors (Lipinski definition) is 7. The van der Waals surface area contributed by atoms with Crippen LogP contribution in [0.2, 0.25) is 0 Å². The van der Waals surface area contributed by atoms with E-state index in [1.165, 1.54) is 18.7 Å². The van der Waals surface area contributed by atoms with Crippen LogP contribution in [0.25, 0.3) is 10.9 Å². The average molecular weight is 504 g/mol. The van der Waals surface area contributed by atoms with Crippen LogP contribution in [-0.4, -0.2) is 91.8 Å². The lowest BCUT2D eigenvalue weighted by atomic mass is 10.0. The van der Waals surface area contributed by atoms with Crippen molar-refractivity contribution in [2.75, 3.05) is 6.54 Å². The van der Waals surface area contributed by atoms with E-state index in [1.807, 2.05) is 24.3 Å². The second kappa shape index (κ2) is 11.5. The minimum Gasteiger partial charge on any atom is -0.480 e. The third kappa shape index (κ3) is 6.01. The molecule has 2 heterocycles. The van der Waals surface area contributed by atoms with E-state index in [2.05, 4.69) is 15.6 Å². The number of aliphatic carboxylic acids is 1. The summed E-state index contributed by atoms with van der Waals surface area (Å²) in [5.41, 5.74) is 8.03. The van der Waals surface area contributed by atoms with Crippen molar-refractivity contribution in [3.8, 4) is 0 Å². The first kappa shape index (κ1) is 27.1. The maximum Gasteiger partial charge on any atom is 0.328 e.